The molecule has 2 aromatic carbocycles. The highest BCUT2D eigenvalue weighted by Crippen LogP contribution is 2.31. The highest BCUT2D eigenvalue weighted by Gasteiger charge is 2.25. The minimum absolute atomic E-state index is 0.0946. The standard InChI is InChI=1S/C19H18N2O/c1-13-6-7-15-12-16(8-9-17(15)20-13)19(22)21-11-10-14-4-2-3-5-18(14)21/h2-5,8-9,12,20H,1,6-7,10-11H2. The van der Waals surface area contributed by atoms with Gasteiger partial charge in [-0.05, 0) is 54.7 Å². The average Bonchev–Trinajstić information content (AvgIpc) is 2.97. The normalized spacial score (nSPS) is 16.0. The molecule has 22 heavy (non-hydrogen) atoms. The molecule has 2 aromatic rings. The topological polar surface area (TPSA) is 32.3 Å². The molecule has 3 nitrogen and oxygen atoms in total. The van der Waals surface area contributed by atoms with E-state index in [0.29, 0.717) is 0 Å². The molecule has 0 saturated carbocycles. The first-order chi connectivity index (χ1) is 10.7. The van der Waals surface area contributed by atoms with Crippen molar-refractivity contribution >= 4 is 17.3 Å². The van der Waals surface area contributed by atoms with Crippen LogP contribution in [0.1, 0.15) is 27.9 Å². The molecule has 0 aromatic heterocycles. The number of aryl methyl sites for hydroxylation is 1. The van der Waals surface area contributed by atoms with E-state index in [9.17, 15) is 4.79 Å². The zero-order valence-corrected chi connectivity index (χ0v) is 12.4. The molecule has 0 bridgehead atoms. The number of amides is 1. The van der Waals surface area contributed by atoms with Crippen molar-refractivity contribution in [2.24, 2.45) is 0 Å². The summed E-state index contributed by atoms with van der Waals surface area (Å²) < 4.78 is 0. The maximum atomic E-state index is 12.8. The lowest BCUT2D eigenvalue weighted by molar-refractivity contribution is 0.0989. The number of para-hydroxylation sites is 1. The summed E-state index contributed by atoms with van der Waals surface area (Å²) in [5.41, 5.74) is 6.40. The number of fused-ring (bicyclic) bond motifs is 2. The molecule has 3 heteroatoms. The molecule has 0 spiro atoms. The molecule has 2 aliphatic heterocycles. The van der Waals surface area contributed by atoms with E-state index < -0.39 is 0 Å². The van der Waals surface area contributed by atoms with Gasteiger partial charge >= 0.3 is 0 Å². The van der Waals surface area contributed by atoms with Crippen LogP contribution in [0.4, 0.5) is 11.4 Å². The first-order valence-corrected chi connectivity index (χ1v) is 7.70. The SMILES string of the molecule is C=C1CCc2cc(C(=O)N3CCc4ccccc43)ccc2N1. The van der Waals surface area contributed by atoms with Gasteiger partial charge in [0.05, 0.1) is 0 Å². The zero-order valence-electron chi connectivity index (χ0n) is 12.4. The van der Waals surface area contributed by atoms with Gasteiger partial charge in [-0.1, -0.05) is 24.8 Å². The van der Waals surface area contributed by atoms with Crippen LogP contribution in [-0.4, -0.2) is 12.5 Å². The third kappa shape index (κ3) is 2.10. The largest absolute Gasteiger partial charge is 0.359 e. The second-order valence-corrected chi connectivity index (χ2v) is 5.94. The van der Waals surface area contributed by atoms with Crippen LogP contribution in [-0.2, 0) is 12.8 Å². The van der Waals surface area contributed by atoms with Gasteiger partial charge < -0.3 is 10.2 Å². The maximum absolute atomic E-state index is 12.8. The second kappa shape index (κ2) is 5.02. The van der Waals surface area contributed by atoms with Crippen LogP contribution in [0.25, 0.3) is 0 Å². The lowest BCUT2D eigenvalue weighted by Gasteiger charge is -2.22. The van der Waals surface area contributed by atoms with E-state index in [4.69, 9.17) is 0 Å². The van der Waals surface area contributed by atoms with E-state index in [-0.39, 0.29) is 5.91 Å². The Kier molecular flexibility index (Phi) is 3.00. The molecule has 4 rings (SSSR count). The Hall–Kier alpha value is -2.55. The summed E-state index contributed by atoms with van der Waals surface area (Å²) in [6, 6.07) is 14.1. The lowest BCUT2D eigenvalue weighted by Crippen LogP contribution is -2.29. The van der Waals surface area contributed by atoms with Crippen LogP contribution < -0.4 is 10.2 Å². The minimum Gasteiger partial charge on any atom is -0.359 e. The van der Waals surface area contributed by atoms with Crippen molar-refractivity contribution in [3.05, 3.63) is 71.4 Å². The Morgan fingerprint density at radius 3 is 2.82 bits per heavy atom. The van der Waals surface area contributed by atoms with Crippen LogP contribution in [0.15, 0.2) is 54.7 Å². The number of rotatable bonds is 1. The van der Waals surface area contributed by atoms with E-state index >= 15 is 0 Å². The number of nitrogens with one attached hydrogen (secondary N) is 1. The number of allylic oxidation sites excluding steroid dienone is 1. The van der Waals surface area contributed by atoms with Gasteiger partial charge in [0.1, 0.15) is 0 Å². The van der Waals surface area contributed by atoms with Gasteiger partial charge in [-0.3, -0.25) is 4.79 Å². The molecule has 0 unspecified atom stereocenters. The van der Waals surface area contributed by atoms with Gasteiger partial charge in [-0.15, -0.1) is 0 Å². The van der Waals surface area contributed by atoms with Crippen LogP contribution >= 0.6 is 0 Å². The maximum Gasteiger partial charge on any atom is 0.258 e. The third-order valence-electron chi connectivity index (χ3n) is 4.49. The number of carbonyl (C=O) groups is 1. The Morgan fingerprint density at radius 2 is 1.91 bits per heavy atom. The van der Waals surface area contributed by atoms with E-state index in [1.807, 2.05) is 41.3 Å². The number of hydrogen-bond acceptors (Lipinski definition) is 2. The number of nitrogens with zero attached hydrogens (tertiary/aromatic N) is 1. The van der Waals surface area contributed by atoms with Crippen LogP contribution in [0, 0.1) is 0 Å². The summed E-state index contributed by atoms with van der Waals surface area (Å²) in [5.74, 6) is 0.0946. The van der Waals surface area contributed by atoms with Gasteiger partial charge in [0.25, 0.3) is 5.91 Å². The van der Waals surface area contributed by atoms with Gasteiger partial charge in [-0.2, -0.15) is 0 Å². The molecule has 0 radical (unpaired) electrons. The monoisotopic (exact) mass is 290 g/mol. The fourth-order valence-corrected chi connectivity index (χ4v) is 3.30. The first kappa shape index (κ1) is 13.1. The summed E-state index contributed by atoms with van der Waals surface area (Å²) in [6.45, 7) is 4.74. The highest BCUT2D eigenvalue weighted by molar-refractivity contribution is 6.07. The molecule has 1 N–H and O–H groups in total. The molecule has 0 saturated heterocycles. The zero-order chi connectivity index (χ0) is 15.1. The third-order valence-corrected chi connectivity index (χ3v) is 4.49. The fourth-order valence-electron chi connectivity index (χ4n) is 3.30. The summed E-state index contributed by atoms with van der Waals surface area (Å²) in [7, 11) is 0. The van der Waals surface area contributed by atoms with Crippen molar-refractivity contribution in [3.63, 3.8) is 0 Å². The Labute approximate surface area is 130 Å². The molecule has 0 aliphatic carbocycles. The molecule has 2 heterocycles. The number of benzene rings is 2. The first-order valence-electron chi connectivity index (χ1n) is 7.70. The van der Waals surface area contributed by atoms with Crippen molar-refractivity contribution in [3.8, 4) is 0 Å². The summed E-state index contributed by atoms with van der Waals surface area (Å²) >= 11 is 0. The quantitative estimate of drug-likeness (QED) is 0.867. The Morgan fingerprint density at radius 1 is 1.05 bits per heavy atom. The van der Waals surface area contributed by atoms with E-state index in [1.165, 1.54) is 11.1 Å². The number of carbonyl (C=O) groups excluding carboxylic acids is 1. The van der Waals surface area contributed by atoms with Gasteiger partial charge in [0, 0.05) is 29.2 Å². The summed E-state index contributed by atoms with van der Waals surface area (Å²) in [6.07, 6.45) is 2.81. The van der Waals surface area contributed by atoms with Crippen molar-refractivity contribution < 1.29 is 4.79 Å². The predicted octanol–water partition coefficient (Wildman–Crippen LogP) is 3.76. The van der Waals surface area contributed by atoms with Crippen molar-refractivity contribution in [2.45, 2.75) is 19.3 Å². The van der Waals surface area contributed by atoms with Crippen LogP contribution in [0.3, 0.4) is 0 Å². The summed E-state index contributed by atoms with van der Waals surface area (Å²) in [4.78, 5) is 14.7. The Bertz CT molecular complexity index is 779. The second-order valence-electron chi connectivity index (χ2n) is 5.94. The smallest absolute Gasteiger partial charge is 0.258 e. The minimum atomic E-state index is 0.0946. The van der Waals surface area contributed by atoms with E-state index in [0.717, 1.165) is 48.4 Å². The molecule has 0 atom stereocenters. The average molecular weight is 290 g/mol. The van der Waals surface area contributed by atoms with Gasteiger partial charge in [0.2, 0.25) is 0 Å². The van der Waals surface area contributed by atoms with Crippen molar-refractivity contribution in [2.75, 3.05) is 16.8 Å². The van der Waals surface area contributed by atoms with Crippen LogP contribution in [0.5, 0.6) is 0 Å². The number of hydrogen-bond donors (Lipinski definition) is 1. The highest BCUT2D eigenvalue weighted by atomic mass is 16.2. The molecular weight excluding hydrogens is 272 g/mol. The number of anilines is 2. The fraction of sp³-hybridized carbons (Fsp3) is 0.211. The molecule has 110 valence electrons. The van der Waals surface area contributed by atoms with E-state index in [2.05, 4.69) is 18.0 Å². The lowest BCUT2D eigenvalue weighted by atomic mass is 9.99. The Balaban J connectivity index is 1.66. The predicted molar refractivity (Wildman–Crippen MR) is 89.3 cm³/mol. The van der Waals surface area contributed by atoms with Crippen molar-refractivity contribution in [1.82, 2.24) is 0 Å². The molecule has 1 amide bonds. The van der Waals surface area contributed by atoms with Crippen LogP contribution in [0.2, 0.25) is 0 Å². The van der Waals surface area contributed by atoms with E-state index in [1.54, 1.807) is 0 Å². The molecular formula is C19H18N2O. The summed E-state index contributed by atoms with van der Waals surface area (Å²) in [5, 5.41) is 3.29. The molecule has 0 fully saturated rings. The van der Waals surface area contributed by atoms with Crippen molar-refractivity contribution in [1.29, 1.82) is 0 Å². The van der Waals surface area contributed by atoms with Gasteiger partial charge in [0.15, 0.2) is 0 Å². The van der Waals surface area contributed by atoms with Gasteiger partial charge in [-0.25, -0.2) is 0 Å². The molecule has 2 aliphatic rings.